The Labute approximate surface area is 135 Å². The lowest BCUT2D eigenvalue weighted by atomic mass is 10.1. The van der Waals surface area contributed by atoms with E-state index in [4.69, 9.17) is 4.74 Å². The second-order valence-corrected chi connectivity index (χ2v) is 7.02. The van der Waals surface area contributed by atoms with Crippen LogP contribution in [0.15, 0.2) is 18.2 Å². The van der Waals surface area contributed by atoms with Crippen molar-refractivity contribution in [1.29, 1.82) is 0 Å². The number of aryl methyl sites for hydroxylation is 2. The van der Waals surface area contributed by atoms with Crippen LogP contribution in [0.4, 0.5) is 4.79 Å². The highest BCUT2D eigenvalue weighted by molar-refractivity contribution is 7.84. The van der Waals surface area contributed by atoms with Crippen molar-refractivity contribution in [2.24, 2.45) is 0 Å². The van der Waals surface area contributed by atoms with Gasteiger partial charge in [0.05, 0.1) is 6.04 Å². The third kappa shape index (κ3) is 6.93. The smallest absolute Gasteiger partial charge is 0.315 e. The number of rotatable bonds is 8. The summed E-state index contributed by atoms with van der Waals surface area (Å²) in [5.41, 5.74) is 2.17. The molecule has 0 aliphatic rings. The fraction of sp³-hybridized carbons (Fsp3) is 0.562. The summed E-state index contributed by atoms with van der Waals surface area (Å²) in [6.45, 7) is 6.85. The Kier molecular flexibility index (Phi) is 7.95. The van der Waals surface area contributed by atoms with Crippen LogP contribution in [-0.2, 0) is 10.8 Å². The molecule has 2 amide bonds. The molecule has 0 saturated carbocycles. The Morgan fingerprint density at radius 1 is 1.32 bits per heavy atom. The normalized spacial score (nSPS) is 13.3. The van der Waals surface area contributed by atoms with E-state index in [1.165, 1.54) is 0 Å². The SMILES string of the molecule is Cc1cccc(C)c1OC[C@@H](C)NC(=O)NCCC[S@](C)=O. The van der Waals surface area contributed by atoms with Gasteiger partial charge in [-0.1, -0.05) is 18.2 Å². The quantitative estimate of drug-likeness (QED) is 0.719. The van der Waals surface area contributed by atoms with E-state index in [0.29, 0.717) is 25.3 Å². The average molecular weight is 326 g/mol. The summed E-state index contributed by atoms with van der Waals surface area (Å²) < 4.78 is 16.7. The largest absolute Gasteiger partial charge is 0.491 e. The zero-order chi connectivity index (χ0) is 16.5. The van der Waals surface area contributed by atoms with Crippen LogP contribution in [0.5, 0.6) is 5.75 Å². The van der Waals surface area contributed by atoms with Crippen LogP contribution in [0.25, 0.3) is 0 Å². The minimum Gasteiger partial charge on any atom is -0.491 e. The van der Waals surface area contributed by atoms with Crippen molar-refractivity contribution >= 4 is 16.8 Å². The summed E-state index contributed by atoms with van der Waals surface area (Å²) in [5, 5.41) is 5.58. The van der Waals surface area contributed by atoms with Crippen LogP contribution in [0.1, 0.15) is 24.5 Å². The molecular formula is C16H26N2O3S. The summed E-state index contributed by atoms with van der Waals surface area (Å²) in [7, 11) is -0.812. The van der Waals surface area contributed by atoms with E-state index in [0.717, 1.165) is 16.9 Å². The van der Waals surface area contributed by atoms with Crippen molar-refractivity contribution in [1.82, 2.24) is 10.6 Å². The number of ether oxygens (including phenoxy) is 1. The minimum absolute atomic E-state index is 0.0979. The molecule has 0 unspecified atom stereocenters. The van der Waals surface area contributed by atoms with Crippen LogP contribution in [0.3, 0.4) is 0 Å². The fourth-order valence-corrected chi connectivity index (χ4v) is 2.58. The number of amides is 2. The Morgan fingerprint density at radius 2 is 1.95 bits per heavy atom. The lowest BCUT2D eigenvalue weighted by Crippen LogP contribution is -2.43. The van der Waals surface area contributed by atoms with Crippen LogP contribution >= 0.6 is 0 Å². The fourth-order valence-electron chi connectivity index (χ4n) is 2.03. The molecule has 2 N–H and O–H groups in total. The van der Waals surface area contributed by atoms with Gasteiger partial charge in [0.25, 0.3) is 0 Å². The molecule has 0 aromatic heterocycles. The molecule has 2 atom stereocenters. The third-order valence-corrected chi connectivity index (χ3v) is 4.02. The van der Waals surface area contributed by atoms with Crippen LogP contribution in [-0.4, -0.2) is 41.4 Å². The second kappa shape index (κ2) is 9.46. The average Bonchev–Trinajstić information content (AvgIpc) is 2.43. The van der Waals surface area contributed by atoms with Crippen molar-refractivity contribution in [2.75, 3.05) is 25.2 Å². The zero-order valence-electron chi connectivity index (χ0n) is 13.8. The van der Waals surface area contributed by atoms with Gasteiger partial charge in [0.15, 0.2) is 0 Å². The first-order chi connectivity index (χ1) is 10.4. The molecular weight excluding hydrogens is 300 g/mol. The van der Waals surface area contributed by atoms with E-state index in [1.54, 1.807) is 6.26 Å². The maximum Gasteiger partial charge on any atom is 0.315 e. The van der Waals surface area contributed by atoms with Gasteiger partial charge in [-0.15, -0.1) is 0 Å². The third-order valence-electron chi connectivity index (χ3n) is 3.16. The lowest BCUT2D eigenvalue weighted by molar-refractivity contribution is 0.226. The molecule has 124 valence electrons. The van der Waals surface area contributed by atoms with Crippen molar-refractivity contribution in [3.63, 3.8) is 0 Å². The van der Waals surface area contributed by atoms with Gasteiger partial charge >= 0.3 is 6.03 Å². The number of hydrogen-bond acceptors (Lipinski definition) is 3. The summed E-state index contributed by atoms with van der Waals surface area (Å²) in [6, 6.07) is 5.69. The van der Waals surface area contributed by atoms with Gasteiger partial charge in [0.1, 0.15) is 12.4 Å². The summed E-state index contributed by atoms with van der Waals surface area (Å²) >= 11 is 0. The molecule has 0 fully saturated rings. The maximum absolute atomic E-state index is 11.7. The van der Waals surface area contributed by atoms with E-state index in [1.807, 2.05) is 39.0 Å². The highest BCUT2D eigenvalue weighted by Crippen LogP contribution is 2.22. The number of carbonyl (C=O) groups excluding carboxylic acids is 1. The van der Waals surface area contributed by atoms with E-state index in [2.05, 4.69) is 10.6 Å². The predicted octanol–water partition coefficient (Wildman–Crippen LogP) is 2.14. The molecule has 6 heteroatoms. The minimum atomic E-state index is -0.812. The lowest BCUT2D eigenvalue weighted by Gasteiger charge is -2.17. The highest BCUT2D eigenvalue weighted by Gasteiger charge is 2.09. The number of nitrogens with one attached hydrogen (secondary N) is 2. The topological polar surface area (TPSA) is 67.4 Å². The first-order valence-corrected chi connectivity index (χ1v) is 9.16. The van der Waals surface area contributed by atoms with Gasteiger partial charge < -0.3 is 15.4 Å². The molecule has 22 heavy (non-hydrogen) atoms. The molecule has 1 aromatic rings. The zero-order valence-corrected chi connectivity index (χ0v) is 14.6. The highest BCUT2D eigenvalue weighted by atomic mass is 32.2. The summed E-state index contributed by atoms with van der Waals surface area (Å²) in [4.78, 5) is 11.7. The van der Waals surface area contributed by atoms with E-state index < -0.39 is 10.8 Å². The predicted molar refractivity (Wildman–Crippen MR) is 91.0 cm³/mol. The van der Waals surface area contributed by atoms with Gasteiger partial charge in [-0.2, -0.15) is 0 Å². The molecule has 0 saturated heterocycles. The molecule has 0 aliphatic carbocycles. The molecule has 5 nitrogen and oxygen atoms in total. The van der Waals surface area contributed by atoms with E-state index in [-0.39, 0.29) is 12.1 Å². The molecule has 0 aliphatic heterocycles. The molecule has 0 spiro atoms. The van der Waals surface area contributed by atoms with Gasteiger partial charge in [0.2, 0.25) is 0 Å². The number of carbonyl (C=O) groups is 1. The van der Waals surface area contributed by atoms with Gasteiger partial charge in [0, 0.05) is 29.4 Å². The number of urea groups is 1. The first-order valence-electron chi connectivity index (χ1n) is 7.43. The molecule has 0 heterocycles. The summed E-state index contributed by atoms with van der Waals surface area (Å²) in [5.74, 6) is 1.48. The molecule has 0 radical (unpaired) electrons. The maximum atomic E-state index is 11.7. The monoisotopic (exact) mass is 326 g/mol. The number of benzene rings is 1. The van der Waals surface area contributed by atoms with Crippen molar-refractivity contribution < 1.29 is 13.7 Å². The molecule has 1 rings (SSSR count). The van der Waals surface area contributed by atoms with Gasteiger partial charge in [-0.25, -0.2) is 4.79 Å². The van der Waals surface area contributed by atoms with Crippen LogP contribution in [0, 0.1) is 13.8 Å². The number of hydrogen-bond donors (Lipinski definition) is 2. The second-order valence-electron chi connectivity index (χ2n) is 5.46. The van der Waals surface area contributed by atoms with Gasteiger partial charge in [-0.05, 0) is 38.3 Å². The Hall–Kier alpha value is -1.56. The van der Waals surface area contributed by atoms with Crippen molar-refractivity contribution in [3.8, 4) is 5.75 Å². The van der Waals surface area contributed by atoms with Crippen molar-refractivity contribution in [2.45, 2.75) is 33.2 Å². The number of para-hydroxylation sites is 1. The molecule has 1 aromatic carbocycles. The van der Waals surface area contributed by atoms with E-state index in [9.17, 15) is 9.00 Å². The van der Waals surface area contributed by atoms with E-state index >= 15 is 0 Å². The Bertz CT molecular complexity index is 500. The van der Waals surface area contributed by atoms with Crippen LogP contribution in [0.2, 0.25) is 0 Å². The van der Waals surface area contributed by atoms with Gasteiger partial charge in [-0.3, -0.25) is 4.21 Å². The standard InChI is InChI=1S/C16H26N2O3S/c1-12-7-5-8-13(2)15(12)21-11-14(3)18-16(19)17-9-6-10-22(4)20/h5,7-8,14H,6,9-11H2,1-4H3,(H2,17,18,19)/t14-,22+/m1/s1. The Morgan fingerprint density at radius 3 is 2.55 bits per heavy atom. The van der Waals surface area contributed by atoms with Crippen LogP contribution < -0.4 is 15.4 Å². The summed E-state index contributed by atoms with van der Waals surface area (Å²) in [6.07, 6.45) is 2.37. The van der Waals surface area contributed by atoms with Crippen molar-refractivity contribution in [3.05, 3.63) is 29.3 Å². The first kappa shape index (κ1) is 18.5. The molecule has 0 bridgehead atoms. The Balaban J connectivity index is 2.29.